The van der Waals surface area contributed by atoms with Gasteiger partial charge in [-0.2, -0.15) is 0 Å². The van der Waals surface area contributed by atoms with Crippen LogP contribution in [0.15, 0.2) is 18.3 Å². The Labute approximate surface area is 104 Å². The van der Waals surface area contributed by atoms with Crippen molar-refractivity contribution in [1.29, 1.82) is 0 Å². The summed E-state index contributed by atoms with van der Waals surface area (Å²) in [5.74, 6) is 0.916. The summed E-state index contributed by atoms with van der Waals surface area (Å²) < 4.78 is 5.95. The number of nitrogens with one attached hydrogen (secondary N) is 1. The monoisotopic (exact) mass is 234 g/mol. The van der Waals surface area contributed by atoms with Crippen molar-refractivity contribution in [3.05, 3.63) is 24.0 Å². The largest absolute Gasteiger partial charge is 0.488 e. The summed E-state index contributed by atoms with van der Waals surface area (Å²) in [5.41, 5.74) is 0.948. The SMILES string of the molecule is CCC(C)(C)Oc1ccnc(CNC2CC2)c1. The minimum absolute atomic E-state index is 0.109. The van der Waals surface area contributed by atoms with Crippen LogP contribution >= 0.6 is 0 Å². The van der Waals surface area contributed by atoms with Crippen molar-refractivity contribution in [3.8, 4) is 5.75 Å². The number of nitrogens with zero attached hydrogens (tertiary/aromatic N) is 1. The third-order valence-electron chi connectivity index (χ3n) is 3.18. The number of aromatic nitrogens is 1. The first-order chi connectivity index (χ1) is 8.09. The molecule has 1 saturated carbocycles. The van der Waals surface area contributed by atoms with Gasteiger partial charge in [-0.1, -0.05) is 6.92 Å². The van der Waals surface area contributed by atoms with Gasteiger partial charge in [-0.3, -0.25) is 4.98 Å². The minimum atomic E-state index is -0.109. The Morgan fingerprint density at radius 1 is 1.47 bits per heavy atom. The molecule has 3 heteroatoms. The topological polar surface area (TPSA) is 34.1 Å². The summed E-state index contributed by atoms with van der Waals surface area (Å²) in [5, 5.41) is 3.46. The Kier molecular flexibility index (Phi) is 3.67. The van der Waals surface area contributed by atoms with Gasteiger partial charge in [0.15, 0.2) is 0 Å². The lowest BCUT2D eigenvalue weighted by Crippen LogP contribution is -2.27. The van der Waals surface area contributed by atoms with E-state index in [-0.39, 0.29) is 5.60 Å². The molecule has 1 heterocycles. The molecule has 0 aliphatic heterocycles. The van der Waals surface area contributed by atoms with Crippen LogP contribution in [-0.4, -0.2) is 16.6 Å². The molecule has 0 spiro atoms. The first-order valence-corrected chi connectivity index (χ1v) is 6.46. The highest BCUT2D eigenvalue weighted by Crippen LogP contribution is 2.22. The van der Waals surface area contributed by atoms with Gasteiger partial charge < -0.3 is 10.1 Å². The van der Waals surface area contributed by atoms with E-state index < -0.39 is 0 Å². The lowest BCUT2D eigenvalue weighted by atomic mass is 10.1. The molecule has 1 aromatic rings. The van der Waals surface area contributed by atoms with Crippen LogP contribution in [0.2, 0.25) is 0 Å². The lowest BCUT2D eigenvalue weighted by molar-refractivity contribution is 0.105. The van der Waals surface area contributed by atoms with Crippen LogP contribution in [0.1, 0.15) is 45.7 Å². The molecule has 0 saturated heterocycles. The maximum absolute atomic E-state index is 5.95. The summed E-state index contributed by atoms with van der Waals surface area (Å²) in [6.45, 7) is 7.19. The fourth-order valence-electron chi connectivity index (χ4n) is 1.54. The van der Waals surface area contributed by atoms with Gasteiger partial charge in [0.25, 0.3) is 0 Å². The van der Waals surface area contributed by atoms with Crippen LogP contribution in [0.5, 0.6) is 5.75 Å². The van der Waals surface area contributed by atoms with Crippen molar-refractivity contribution in [2.75, 3.05) is 0 Å². The Balaban J connectivity index is 1.95. The fourth-order valence-corrected chi connectivity index (χ4v) is 1.54. The van der Waals surface area contributed by atoms with E-state index in [2.05, 4.69) is 31.1 Å². The standard InChI is InChI=1S/C14H22N2O/c1-4-14(2,3)17-13-7-8-15-12(9-13)10-16-11-5-6-11/h7-9,11,16H,4-6,10H2,1-3H3. The lowest BCUT2D eigenvalue weighted by Gasteiger charge is -2.25. The zero-order chi connectivity index (χ0) is 12.3. The molecule has 3 nitrogen and oxygen atoms in total. The number of hydrogen-bond acceptors (Lipinski definition) is 3. The van der Waals surface area contributed by atoms with Crippen LogP contribution in [-0.2, 0) is 6.54 Å². The second kappa shape index (κ2) is 5.05. The van der Waals surface area contributed by atoms with E-state index in [1.807, 2.05) is 18.3 Å². The van der Waals surface area contributed by atoms with Gasteiger partial charge in [0.2, 0.25) is 0 Å². The van der Waals surface area contributed by atoms with Crippen molar-refractivity contribution < 1.29 is 4.74 Å². The average Bonchev–Trinajstić information content (AvgIpc) is 3.10. The van der Waals surface area contributed by atoms with Gasteiger partial charge in [0.1, 0.15) is 11.4 Å². The smallest absolute Gasteiger partial charge is 0.123 e. The van der Waals surface area contributed by atoms with Crippen molar-refractivity contribution in [2.24, 2.45) is 0 Å². The first-order valence-electron chi connectivity index (χ1n) is 6.46. The molecule has 1 aliphatic rings. The number of pyridine rings is 1. The molecular weight excluding hydrogens is 212 g/mol. The summed E-state index contributed by atoms with van der Waals surface area (Å²) >= 11 is 0. The molecule has 0 unspecified atom stereocenters. The van der Waals surface area contributed by atoms with E-state index in [1.54, 1.807) is 0 Å². The third-order valence-corrected chi connectivity index (χ3v) is 3.18. The highest BCUT2D eigenvalue weighted by atomic mass is 16.5. The molecule has 0 bridgehead atoms. The Hall–Kier alpha value is -1.09. The molecule has 0 amide bonds. The van der Waals surface area contributed by atoms with Gasteiger partial charge in [0.05, 0.1) is 5.69 Å². The van der Waals surface area contributed by atoms with Gasteiger partial charge in [-0.05, 0) is 39.2 Å². The average molecular weight is 234 g/mol. The molecular formula is C14H22N2O. The minimum Gasteiger partial charge on any atom is -0.488 e. The molecule has 0 radical (unpaired) electrons. The van der Waals surface area contributed by atoms with Crippen molar-refractivity contribution in [1.82, 2.24) is 10.3 Å². The highest BCUT2D eigenvalue weighted by molar-refractivity contribution is 5.23. The quantitative estimate of drug-likeness (QED) is 0.821. The van der Waals surface area contributed by atoms with Gasteiger partial charge in [-0.25, -0.2) is 0 Å². The van der Waals surface area contributed by atoms with Crippen LogP contribution in [0.3, 0.4) is 0 Å². The Morgan fingerprint density at radius 2 is 2.24 bits per heavy atom. The summed E-state index contributed by atoms with van der Waals surface area (Å²) in [6.07, 6.45) is 5.42. The summed E-state index contributed by atoms with van der Waals surface area (Å²) in [4.78, 5) is 4.35. The second-order valence-corrected chi connectivity index (χ2v) is 5.35. The molecule has 1 N–H and O–H groups in total. The predicted octanol–water partition coefficient (Wildman–Crippen LogP) is 2.90. The van der Waals surface area contributed by atoms with Crippen LogP contribution in [0.4, 0.5) is 0 Å². The van der Waals surface area contributed by atoms with Gasteiger partial charge in [-0.15, -0.1) is 0 Å². The normalized spacial score (nSPS) is 15.9. The summed E-state index contributed by atoms with van der Waals surface area (Å²) in [7, 11) is 0. The van der Waals surface area contributed by atoms with E-state index in [0.29, 0.717) is 6.04 Å². The molecule has 2 rings (SSSR count). The number of rotatable bonds is 6. The molecule has 94 valence electrons. The van der Waals surface area contributed by atoms with E-state index in [9.17, 15) is 0 Å². The molecule has 17 heavy (non-hydrogen) atoms. The highest BCUT2D eigenvalue weighted by Gasteiger charge is 2.20. The van der Waals surface area contributed by atoms with E-state index >= 15 is 0 Å². The van der Waals surface area contributed by atoms with E-state index in [4.69, 9.17) is 4.74 Å². The molecule has 1 aliphatic carbocycles. The molecule has 1 aromatic heterocycles. The van der Waals surface area contributed by atoms with Crippen molar-refractivity contribution in [2.45, 2.75) is 58.2 Å². The van der Waals surface area contributed by atoms with E-state index in [0.717, 1.165) is 24.4 Å². The van der Waals surface area contributed by atoms with E-state index in [1.165, 1.54) is 12.8 Å². The zero-order valence-electron chi connectivity index (χ0n) is 11.0. The maximum atomic E-state index is 5.95. The van der Waals surface area contributed by atoms with Gasteiger partial charge >= 0.3 is 0 Å². The zero-order valence-corrected chi connectivity index (χ0v) is 11.0. The summed E-state index contributed by atoms with van der Waals surface area (Å²) in [6, 6.07) is 4.68. The maximum Gasteiger partial charge on any atom is 0.123 e. The molecule has 0 atom stereocenters. The van der Waals surface area contributed by atoms with Crippen molar-refractivity contribution in [3.63, 3.8) is 0 Å². The molecule has 1 fully saturated rings. The van der Waals surface area contributed by atoms with Crippen LogP contribution in [0.25, 0.3) is 0 Å². The predicted molar refractivity (Wildman–Crippen MR) is 69.1 cm³/mol. The number of hydrogen-bond donors (Lipinski definition) is 1. The van der Waals surface area contributed by atoms with Crippen molar-refractivity contribution >= 4 is 0 Å². The third kappa shape index (κ3) is 4.00. The Bertz CT molecular complexity index is 372. The van der Waals surface area contributed by atoms with Crippen LogP contribution < -0.4 is 10.1 Å². The second-order valence-electron chi connectivity index (χ2n) is 5.35. The first kappa shape index (κ1) is 12.4. The fraction of sp³-hybridized carbons (Fsp3) is 0.643. The Morgan fingerprint density at radius 3 is 2.88 bits per heavy atom. The van der Waals surface area contributed by atoms with Gasteiger partial charge in [0, 0.05) is 24.8 Å². The number of ether oxygens (including phenoxy) is 1. The molecule has 0 aromatic carbocycles. The van der Waals surface area contributed by atoms with Crippen LogP contribution in [0, 0.1) is 0 Å².